The zero-order valence-corrected chi connectivity index (χ0v) is 10.6. The Bertz CT molecular complexity index is 442. The summed E-state index contributed by atoms with van der Waals surface area (Å²) in [5, 5.41) is 9.20. The minimum Gasteiger partial charge on any atom is -0.391 e. The van der Waals surface area contributed by atoms with Gasteiger partial charge in [-0.15, -0.1) is 0 Å². The van der Waals surface area contributed by atoms with Crippen LogP contribution in [-0.2, 0) is 6.61 Å². The monoisotopic (exact) mass is 235 g/mol. The molecule has 0 amide bonds. The quantitative estimate of drug-likeness (QED) is 0.875. The van der Waals surface area contributed by atoms with Crippen molar-refractivity contribution in [3.63, 3.8) is 0 Å². The summed E-state index contributed by atoms with van der Waals surface area (Å²) in [6, 6.07) is 4.10. The molecule has 1 fully saturated rings. The maximum Gasteiger partial charge on any atom is 0.256 e. The van der Waals surface area contributed by atoms with E-state index in [9.17, 15) is 9.90 Å². The highest BCUT2D eigenvalue weighted by molar-refractivity contribution is 5.19. The van der Waals surface area contributed by atoms with Crippen LogP contribution < -0.4 is 5.56 Å². The Morgan fingerprint density at radius 1 is 1.35 bits per heavy atom. The Balaban J connectivity index is 2.54. The van der Waals surface area contributed by atoms with E-state index < -0.39 is 0 Å². The lowest BCUT2D eigenvalue weighted by molar-refractivity contribution is 0.278. The molecule has 1 aromatic rings. The van der Waals surface area contributed by atoms with Crippen molar-refractivity contribution in [2.45, 2.75) is 58.1 Å². The molecule has 1 saturated carbocycles. The fourth-order valence-electron chi connectivity index (χ4n) is 2.74. The molecule has 3 heteroatoms. The molecule has 1 aliphatic carbocycles. The van der Waals surface area contributed by atoms with E-state index in [1.165, 1.54) is 12.8 Å². The summed E-state index contributed by atoms with van der Waals surface area (Å²) in [5.74, 6) is 0.344. The molecular weight excluding hydrogens is 214 g/mol. The van der Waals surface area contributed by atoms with Gasteiger partial charge in [-0.1, -0.05) is 26.7 Å². The topological polar surface area (TPSA) is 42.2 Å². The van der Waals surface area contributed by atoms with Crippen molar-refractivity contribution in [2.24, 2.45) is 0 Å². The third-order valence-electron chi connectivity index (χ3n) is 3.68. The average Bonchev–Trinajstić information content (AvgIpc) is 2.81. The summed E-state index contributed by atoms with van der Waals surface area (Å²) >= 11 is 0. The Morgan fingerprint density at radius 3 is 2.53 bits per heavy atom. The molecule has 0 unspecified atom stereocenters. The van der Waals surface area contributed by atoms with Gasteiger partial charge < -0.3 is 9.67 Å². The van der Waals surface area contributed by atoms with Crippen LogP contribution in [0.15, 0.2) is 16.9 Å². The van der Waals surface area contributed by atoms with Crippen LogP contribution >= 0.6 is 0 Å². The number of aromatic nitrogens is 1. The molecule has 94 valence electrons. The zero-order valence-electron chi connectivity index (χ0n) is 10.6. The number of aliphatic hydroxyl groups is 1. The highest BCUT2D eigenvalue weighted by Crippen LogP contribution is 2.31. The first-order valence-corrected chi connectivity index (χ1v) is 6.50. The fraction of sp³-hybridized carbons (Fsp3) is 0.643. The van der Waals surface area contributed by atoms with Crippen LogP contribution in [-0.4, -0.2) is 9.67 Å². The zero-order chi connectivity index (χ0) is 12.4. The molecule has 1 aromatic heterocycles. The van der Waals surface area contributed by atoms with Crippen LogP contribution in [0.3, 0.4) is 0 Å². The van der Waals surface area contributed by atoms with E-state index >= 15 is 0 Å². The van der Waals surface area contributed by atoms with Crippen molar-refractivity contribution in [1.82, 2.24) is 4.57 Å². The minimum absolute atomic E-state index is 0.00519. The van der Waals surface area contributed by atoms with E-state index in [1.54, 1.807) is 6.07 Å². The first-order chi connectivity index (χ1) is 8.15. The first-order valence-electron chi connectivity index (χ1n) is 6.50. The molecule has 1 heterocycles. The molecule has 0 bridgehead atoms. The summed E-state index contributed by atoms with van der Waals surface area (Å²) in [7, 11) is 0. The molecule has 17 heavy (non-hydrogen) atoms. The third kappa shape index (κ3) is 2.29. The molecule has 0 atom stereocenters. The minimum atomic E-state index is -0.163. The van der Waals surface area contributed by atoms with Gasteiger partial charge in [0.25, 0.3) is 5.56 Å². The highest BCUT2D eigenvalue weighted by Gasteiger charge is 2.22. The maximum absolute atomic E-state index is 12.3. The summed E-state index contributed by atoms with van der Waals surface area (Å²) in [5.41, 5.74) is 1.62. The van der Waals surface area contributed by atoms with Gasteiger partial charge in [-0.3, -0.25) is 4.79 Å². The maximum atomic E-state index is 12.3. The summed E-state index contributed by atoms with van der Waals surface area (Å²) in [6.07, 6.45) is 4.60. The van der Waals surface area contributed by atoms with E-state index in [1.807, 2.05) is 10.6 Å². The second kappa shape index (κ2) is 5.05. The largest absolute Gasteiger partial charge is 0.391 e. The average molecular weight is 235 g/mol. The number of rotatable bonds is 3. The Morgan fingerprint density at radius 2 is 2.00 bits per heavy atom. The van der Waals surface area contributed by atoms with E-state index in [0.717, 1.165) is 18.5 Å². The van der Waals surface area contributed by atoms with Gasteiger partial charge in [-0.05, 0) is 30.9 Å². The van der Waals surface area contributed by atoms with Crippen molar-refractivity contribution in [3.05, 3.63) is 33.7 Å². The van der Waals surface area contributed by atoms with E-state index in [-0.39, 0.29) is 12.2 Å². The third-order valence-corrected chi connectivity index (χ3v) is 3.68. The van der Waals surface area contributed by atoms with Gasteiger partial charge in [-0.25, -0.2) is 0 Å². The molecule has 2 rings (SSSR count). The summed E-state index contributed by atoms with van der Waals surface area (Å²) in [4.78, 5) is 12.3. The number of aliphatic hydroxyl groups excluding tert-OH is 1. The Labute approximate surface area is 102 Å². The predicted molar refractivity (Wildman–Crippen MR) is 68.2 cm³/mol. The van der Waals surface area contributed by atoms with Crippen molar-refractivity contribution in [2.75, 3.05) is 0 Å². The number of hydrogen-bond donors (Lipinski definition) is 1. The molecule has 0 radical (unpaired) electrons. The van der Waals surface area contributed by atoms with Crippen LogP contribution in [0.1, 0.15) is 62.7 Å². The number of pyridine rings is 1. The van der Waals surface area contributed by atoms with Gasteiger partial charge in [0.2, 0.25) is 0 Å². The molecule has 0 saturated heterocycles. The lowest BCUT2D eigenvalue weighted by Gasteiger charge is -2.22. The lowest BCUT2D eigenvalue weighted by Crippen LogP contribution is -2.29. The van der Waals surface area contributed by atoms with Gasteiger partial charge in [0.15, 0.2) is 0 Å². The Kier molecular flexibility index (Phi) is 3.67. The van der Waals surface area contributed by atoms with Crippen LogP contribution in [0.2, 0.25) is 0 Å². The van der Waals surface area contributed by atoms with Gasteiger partial charge in [0.1, 0.15) is 0 Å². The first kappa shape index (κ1) is 12.4. The van der Waals surface area contributed by atoms with Crippen LogP contribution in [0.4, 0.5) is 0 Å². The second-order valence-corrected chi connectivity index (χ2v) is 5.21. The van der Waals surface area contributed by atoms with Crippen LogP contribution in [0, 0.1) is 0 Å². The molecule has 0 aromatic carbocycles. The molecular formula is C14H21NO2. The van der Waals surface area contributed by atoms with Crippen LogP contribution in [0.5, 0.6) is 0 Å². The van der Waals surface area contributed by atoms with Gasteiger partial charge in [-0.2, -0.15) is 0 Å². The smallest absolute Gasteiger partial charge is 0.256 e. The van der Waals surface area contributed by atoms with E-state index in [2.05, 4.69) is 13.8 Å². The van der Waals surface area contributed by atoms with Gasteiger partial charge in [0.05, 0.1) is 6.61 Å². The fourth-order valence-corrected chi connectivity index (χ4v) is 2.74. The van der Waals surface area contributed by atoms with Crippen molar-refractivity contribution >= 4 is 0 Å². The molecule has 3 nitrogen and oxygen atoms in total. The van der Waals surface area contributed by atoms with Gasteiger partial charge >= 0.3 is 0 Å². The SMILES string of the molecule is CC(C)c1ccc(CO)c(=O)n1C1CCCC1. The molecule has 1 aliphatic rings. The van der Waals surface area contributed by atoms with Gasteiger partial charge in [0, 0.05) is 17.3 Å². The van der Waals surface area contributed by atoms with Crippen LogP contribution in [0.25, 0.3) is 0 Å². The molecule has 0 spiro atoms. The number of nitrogens with zero attached hydrogens (tertiary/aromatic N) is 1. The van der Waals surface area contributed by atoms with Crippen molar-refractivity contribution in [1.29, 1.82) is 0 Å². The Hall–Kier alpha value is -1.09. The number of hydrogen-bond acceptors (Lipinski definition) is 2. The van der Waals surface area contributed by atoms with Crippen molar-refractivity contribution < 1.29 is 5.11 Å². The predicted octanol–water partition coefficient (Wildman–Crippen LogP) is 2.58. The summed E-state index contributed by atoms with van der Waals surface area (Å²) < 4.78 is 1.93. The standard InChI is InChI=1S/C14H21NO2/c1-10(2)13-8-7-11(9-16)14(17)15(13)12-5-3-4-6-12/h7-8,10,12,16H,3-6,9H2,1-2H3. The normalized spacial score (nSPS) is 16.9. The van der Waals surface area contributed by atoms with E-state index in [0.29, 0.717) is 17.5 Å². The van der Waals surface area contributed by atoms with Crippen molar-refractivity contribution in [3.8, 4) is 0 Å². The lowest BCUT2D eigenvalue weighted by atomic mass is 10.1. The van der Waals surface area contributed by atoms with E-state index in [4.69, 9.17) is 0 Å². The summed E-state index contributed by atoms with van der Waals surface area (Å²) in [6.45, 7) is 4.06. The highest BCUT2D eigenvalue weighted by atomic mass is 16.3. The molecule has 1 N–H and O–H groups in total. The second-order valence-electron chi connectivity index (χ2n) is 5.21. The molecule has 0 aliphatic heterocycles.